The van der Waals surface area contributed by atoms with E-state index in [0.29, 0.717) is 18.6 Å². The van der Waals surface area contributed by atoms with Crippen LogP contribution in [0.5, 0.6) is 0 Å². The number of hydrogen-bond donors (Lipinski definition) is 0. The molecule has 0 saturated heterocycles. The van der Waals surface area contributed by atoms with E-state index in [9.17, 15) is 13.6 Å². The van der Waals surface area contributed by atoms with Crippen molar-refractivity contribution in [2.45, 2.75) is 45.4 Å². The van der Waals surface area contributed by atoms with E-state index in [1.165, 1.54) is 6.07 Å². The Kier molecular flexibility index (Phi) is 3.82. The Morgan fingerprint density at radius 2 is 2.10 bits per heavy atom. The number of nitrogens with zero attached hydrogens (tertiary/aromatic N) is 1. The Morgan fingerprint density at radius 1 is 1.40 bits per heavy atom. The molecular weight excluding hydrogens is 264 g/mol. The van der Waals surface area contributed by atoms with Crippen LogP contribution in [-0.2, 0) is 28.6 Å². The minimum absolute atomic E-state index is 0.00519. The first-order valence-corrected chi connectivity index (χ1v) is 6.55. The van der Waals surface area contributed by atoms with Gasteiger partial charge in [-0.3, -0.25) is 4.79 Å². The number of benzene rings is 1. The molecule has 0 radical (unpaired) electrons. The molecule has 1 aliphatic rings. The van der Waals surface area contributed by atoms with Gasteiger partial charge >= 0.3 is 0 Å². The maximum atomic E-state index is 14.0. The number of hydrogen-bond acceptors (Lipinski definition) is 2. The predicted molar refractivity (Wildman–Crippen MR) is 71.4 cm³/mol. The maximum Gasteiger partial charge on any atom is 0.290 e. The van der Waals surface area contributed by atoms with Gasteiger partial charge < -0.3 is 9.64 Å². The number of amides is 1. The van der Waals surface area contributed by atoms with Crippen molar-refractivity contribution in [3.8, 4) is 0 Å². The van der Waals surface area contributed by atoms with Gasteiger partial charge in [0, 0.05) is 12.1 Å². The lowest BCUT2D eigenvalue weighted by atomic mass is 9.95. The second-order valence-corrected chi connectivity index (χ2v) is 6.11. The van der Waals surface area contributed by atoms with E-state index in [1.807, 2.05) is 20.8 Å². The van der Waals surface area contributed by atoms with Gasteiger partial charge in [0.05, 0.1) is 18.8 Å². The van der Waals surface area contributed by atoms with Crippen LogP contribution in [-0.4, -0.2) is 23.5 Å². The Bertz CT molecular complexity index is 509. The number of alkyl halides is 2. The van der Waals surface area contributed by atoms with E-state index in [0.717, 1.165) is 10.5 Å². The van der Waals surface area contributed by atoms with Crippen LogP contribution in [0.25, 0.3) is 0 Å². The van der Waals surface area contributed by atoms with Crippen LogP contribution in [0, 0.1) is 0 Å². The van der Waals surface area contributed by atoms with E-state index < -0.39 is 12.5 Å². The Hall–Kier alpha value is -1.49. The Balaban J connectivity index is 2.25. The highest BCUT2D eigenvalue weighted by Gasteiger charge is 2.40. The average Bonchev–Trinajstić information content (AvgIpc) is 2.35. The van der Waals surface area contributed by atoms with Gasteiger partial charge in [-0.25, -0.2) is 0 Å². The van der Waals surface area contributed by atoms with E-state index in [-0.39, 0.29) is 17.7 Å². The highest BCUT2D eigenvalue weighted by molar-refractivity contribution is 5.50. The van der Waals surface area contributed by atoms with Crippen molar-refractivity contribution in [1.29, 1.82) is 0 Å². The van der Waals surface area contributed by atoms with Gasteiger partial charge in [0.25, 0.3) is 5.92 Å². The topological polar surface area (TPSA) is 29.5 Å². The van der Waals surface area contributed by atoms with Gasteiger partial charge in [-0.15, -0.1) is 0 Å². The summed E-state index contributed by atoms with van der Waals surface area (Å²) in [7, 11) is 0. The summed E-state index contributed by atoms with van der Waals surface area (Å²) in [5, 5.41) is 0. The lowest BCUT2D eigenvalue weighted by molar-refractivity contribution is -0.127. The number of carbonyl (C=O) groups is 1. The first kappa shape index (κ1) is 14.9. The van der Waals surface area contributed by atoms with Crippen molar-refractivity contribution in [3.63, 3.8) is 0 Å². The second kappa shape index (κ2) is 5.13. The van der Waals surface area contributed by atoms with Crippen molar-refractivity contribution >= 4 is 6.41 Å². The van der Waals surface area contributed by atoms with E-state index in [4.69, 9.17) is 4.74 Å². The van der Waals surface area contributed by atoms with Gasteiger partial charge in [-0.05, 0) is 38.0 Å². The smallest absolute Gasteiger partial charge is 0.290 e. The van der Waals surface area contributed by atoms with Crippen molar-refractivity contribution in [1.82, 2.24) is 4.90 Å². The Morgan fingerprint density at radius 3 is 2.70 bits per heavy atom. The molecule has 1 amide bonds. The average molecular weight is 283 g/mol. The summed E-state index contributed by atoms with van der Waals surface area (Å²) in [6.45, 7) is 5.72. The fourth-order valence-corrected chi connectivity index (χ4v) is 2.18. The summed E-state index contributed by atoms with van der Waals surface area (Å²) in [4.78, 5) is 11.8. The summed E-state index contributed by atoms with van der Waals surface area (Å²) in [5.74, 6) is -3.01. The van der Waals surface area contributed by atoms with E-state index in [1.54, 1.807) is 12.1 Å². The number of ether oxygens (including phenoxy) is 1. The zero-order valence-corrected chi connectivity index (χ0v) is 12.0. The molecule has 3 nitrogen and oxygen atoms in total. The standard InChI is InChI=1S/C15H19F2NO2/c1-14(2,3)20-8-11-4-5-12-7-18(10-19)9-15(16,17)13(12)6-11/h4-6,10H,7-9H2,1-3H3. The monoisotopic (exact) mass is 283 g/mol. The van der Waals surface area contributed by atoms with Gasteiger partial charge in [-0.1, -0.05) is 12.1 Å². The van der Waals surface area contributed by atoms with Crippen LogP contribution >= 0.6 is 0 Å². The van der Waals surface area contributed by atoms with Gasteiger partial charge in [0.15, 0.2) is 0 Å². The van der Waals surface area contributed by atoms with Gasteiger partial charge in [0.2, 0.25) is 6.41 Å². The molecule has 1 heterocycles. The number of fused-ring (bicyclic) bond motifs is 1. The lowest BCUT2D eigenvalue weighted by Gasteiger charge is -2.32. The largest absolute Gasteiger partial charge is 0.371 e. The molecule has 110 valence electrons. The highest BCUT2D eigenvalue weighted by atomic mass is 19.3. The molecule has 0 unspecified atom stereocenters. The molecule has 0 bridgehead atoms. The second-order valence-electron chi connectivity index (χ2n) is 6.11. The highest BCUT2D eigenvalue weighted by Crippen LogP contribution is 2.36. The van der Waals surface area contributed by atoms with Crippen LogP contribution < -0.4 is 0 Å². The summed E-state index contributed by atoms with van der Waals surface area (Å²) >= 11 is 0. The number of carbonyl (C=O) groups excluding carboxylic acids is 1. The van der Waals surface area contributed by atoms with E-state index in [2.05, 4.69) is 0 Å². The summed E-state index contributed by atoms with van der Waals surface area (Å²) in [5.41, 5.74) is 0.906. The van der Waals surface area contributed by atoms with Crippen molar-refractivity contribution < 1.29 is 18.3 Å². The normalized spacial score (nSPS) is 17.8. The summed E-state index contributed by atoms with van der Waals surface area (Å²) in [6, 6.07) is 4.92. The predicted octanol–water partition coefficient (Wildman–Crippen LogP) is 3.07. The third-order valence-corrected chi connectivity index (χ3v) is 3.16. The first-order chi connectivity index (χ1) is 9.21. The summed E-state index contributed by atoms with van der Waals surface area (Å²) in [6.07, 6.45) is 0.466. The minimum Gasteiger partial charge on any atom is -0.371 e. The molecule has 1 aromatic carbocycles. The van der Waals surface area contributed by atoms with Gasteiger partial charge in [-0.2, -0.15) is 8.78 Å². The van der Waals surface area contributed by atoms with Crippen LogP contribution in [0.1, 0.15) is 37.5 Å². The zero-order valence-electron chi connectivity index (χ0n) is 12.0. The maximum absolute atomic E-state index is 14.0. The number of rotatable bonds is 3. The molecule has 5 heteroatoms. The molecule has 0 atom stereocenters. The molecule has 0 N–H and O–H groups in total. The molecule has 2 rings (SSSR count). The van der Waals surface area contributed by atoms with Crippen LogP contribution in [0.3, 0.4) is 0 Å². The molecule has 0 aromatic heterocycles. The SMILES string of the molecule is CC(C)(C)OCc1ccc2c(c1)C(F)(F)CN(C=O)C2. The third kappa shape index (κ3) is 3.33. The van der Waals surface area contributed by atoms with Crippen molar-refractivity contribution in [3.05, 3.63) is 34.9 Å². The van der Waals surface area contributed by atoms with Crippen LogP contribution in [0.15, 0.2) is 18.2 Å². The quantitative estimate of drug-likeness (QED) is 0.798. The zero-order chi connectivity index (χ0) is 15.0. The molecule has 1 aliphatic heterocycles. The molecule has 0 saturated carbocycles. The molecule has 20 heavy (non-hydrogen) atoms. The minimum atomic E-state index is -3.01. The molecule has 1 aromatic rings. The Labute approximate surface area is 117 Å². The van der Waals surface area contributed by atoms with Crippen LogP contribution in [0.4, 0.5) is 8.78 Å². The fourth-order valence-electron chi connectivity index (χ4n) is 2.18. The third-order valence-electron chi connectivity index (χ3n) is 3.16. The molecule has 0 fully saturated rings. The van der Waals surface area contributed by atoms with E-state index >= 15 is 0 Å². The van der Waals surface area contributed by atoms with Gasteiger partial charge in [0.1, 0.15) is 0 Å². The molecular formula is C15H19F2NO2. The summed E-state index contributed by atoms with van der Waals surface area (Å²) < 4.78 is 33.7. The van der Waals surface area contributed by atoms with Crippen molar-refractivity contribution in [2.24, 2.45) is 0 Å². The van der Waals surface area contributed by atoms with Crippen molar-refractivity contribution in [2.75, 3.05) is 6.54 Å². The van der Waals surface area contributed by atoms with Crippen LogP contribution in [0.2, 0.25) is 0 Å². The molecule has 0 spiro atoms. The lowest BCUT2D eigenvalue weighted by Crippen LogP contribution is -2.39. The molecule has 0 aliphatic carbocycles. The first-order valence-electron chi connectivity index (χ1n) is 6.55. The number of halogens is 2. The fraction of sp³-hybridized carbons (Fsp3) is 0.533.